The maximum Gasteiger partial charge on any atom is 0.208 e. The number of benzene rings is 1. The van der Waals surface area contributed by atoms with E-state index in [1.165, 1.54) is 0 Å². The van der Waals surface area contributed by atoms with Crippen molar-refractivity contribution in [2.24, 2.45) is 0 Å². The first-order valence-corrected chi connectivity index (χ1v) is 5.15. The minimum Gasteiger partial charge on any atom is -0.448 e. The van der Waals surface area contributed by atoms with Crippen LogP contribution in [0.4, 0.5) is 0 Å². The molecule has 1 heterocycles. The number of para-hydroxylation sites is 1. The number of fused-ring (bicyclic) bond motifs is 1. The van der Waals surface area contributed by atoms with Gasteiger partial charge in [-0.1, -0.05) is 12.1 Å². The second kappa shape index (κ2) is 3.27. The summed E-state index contributed by atoms with van der Waals surface area (Å²) in [5.41, 5.74) is 0.524. The van der Waals surface area contributed by atoms with E-state index >= 15 is 0 Å². The fraction of sp³-hybridized carbons (Fsp3) is 0. The first-order chi connectivity index (χ1) is 6.20. The quantitative estimate of drug-likeness (QED) is 0.747. The van der Waals surface area contributed by atoms with Crippen LogP contribution < -0.4 is 5.43 Å². The Kier molecular flexibility index (Phi) is 2.26. The Hall–Kier alpha value is -0.610. The molecule has 13 heavy (non-hydrogen) atoms. The third kappa shape index (κ3) is 1.44. The molecule has 66 valence electrons. The molecule has 0 unspecified atom stereocenters. The molecule has 0 amide bonds. The number of rotatable bonds is 0. The van der Waals surface area contributed by atoms with Gasteiger partial charge in [-0.2, -0.15) is 0 Å². The van der Waals surface area contributed by atoms with E-state index in [1.807, 2.05) is 6.07 Å². The van der Waals surface area contributed by atoms with Gasteiger partial charge in [-0.25, -0.2) is 0 Å². The highest BCUT2D eigenvalue weighted by Crippen LogP contribution is 2.23. The van der Waals surface area contributed by atoms with Crippen LogP contribution in [0.2, 0.25) is 0 Å². The Bertz CT molecular complexity index is 516. The van der Waals surface area contributed by atoms with Crippen LogP contribution in [0.1, 0.15) is 0 Å². The van der Waals surface area contributed by atoms with Crippen LogP contribution in [-0.4, -0.2) is 0 Å². The maximum absolute atomic E-state index is 11.6. The molecule has 2 nitrogen and oxygen atoms in total. The van der Waals surface area contributed by atoms with Crippen LogP contribution in [0.15, 0.2) is 42.6 Å². The summed E-state index contributed by atoms with van der Waals surface area (Å²) < 4.78 is 6.19. The van der Waals surface area contributed by atoms with Crippen LogP contribution >= 0.6 is 31.9 Å². The molecule has 0 atom stereocenters. The molecule has 0 radical (unpaired) electrons. The van der Waals surface area contributed by atoms with Crippen molar-refractivity contribution in [2.75, 3.05) is 0 Å². The van der Waals surface area contributed by atoms with Crippen molar-refractivity contribution in [3.63, 3.8) is 0 Å². The third-order valence-electron chi connectivity index (χ3n) is 1.70. The highest BCUT2D eigenvalue weighted by Gasteiger charge is 2.08. The molecule has 4 heteroatoms. The topological polar surface area (TPSA) is 30.2 Å². The standard InChI is InChI=1S/C9H4Br2O2/c10-7-8(12)5-3-1-2-4-6(5)13-9(7)11/h1-4H. The monoisotopic (exact) mass is 302 g/mol. The van der Waals surface area contributed by atoms with E-state index in [-0.39, 0.29) is 5.43 Å². The van der Waals surface area contributed by atoms with Crippen molar-refractivity contribution in [3.8, 4) is 0 Å². The highest BCUT2D eigenvalue weighted by molar-refractivity contribution is 9.13. The van der Waals surface area contributed by atoms with Gasteiger partial charge in [0.25, 0.3) is 0 Å². The van der Waals surface area contributed by atoms with Crippen LogP contribution in [0.25, 0.3) is 11.0 Å². The normalized spacial score (nSPS) is 10.6. The minimum atomic E-state index is -0.0614. The van der Waals surface area contributed by atoms with Crippen molar-refractivity contribution in [2.45, 2.75) is 0 Å². The summed E-state index contributed by atoms with van der Waals surface area (Å²) in [6, 6.07) is 7.12. The molecule has 0 saturated carbocycles. The van der Waals surface area contributed by atoms with Gasteiger partial charge in [-0.3, -0.25) is 4.79 Å². The minimum absolute atomic E-state index is 0.0614. The summed E-state index contributed by atoms with van der Waals surface area (Å²) in [5, 5.41) is 0.581. The van der Waals surface area contributed by atoms with Crippen molar-refractivity contribution in [1.82, 2.24) is 0 Å². The Morgan fingerprint density at radius 2 is 1.85 bits per heavy atom. The van der Waals surface area contributed by atoms with Gasteiger partial charge in [0.15, 0.2) is 4.67 Å². The Morgan fingerprint density at radius 3 is 2.62 bits per heavy atom. The molecule has 0 aliphatic rings. The van der Waals surface area contributed by atoms with Crippen molar-refractivity contribution < 1.29 is 4.42 Å². The smallest absolute Gasteiger partial charge is 0.208 e. The summed E-state index contributed by atoms with van der Waals surface area (Å²) in [6.07, 6.45) is 0. The van der Waals surface area contributed by atoms with Gasteiger partial charge in [-0.15, -0.1) is 0 Å². The molecule has 0 fully saturated rings. The summed E-state index contributed by atoms with van der Waals surface area (Å²) in [5.74, 6) is 0. The van der Waals surface area contributed by atoms with Crippen LogP contribution in [0.5, 0.6) is 0 Å². The average molecular weight is 304 g/mol. The lowest BCUT2D eigenvalue weighted by molar-refractivity contribution is 0.569. The largest absolute Gasteiger partial charge is 0.448 e. The lowest BCUT2D eigenvalue weighted by Gasteiger charge is -1.98. The molecule has 0 spiro atoms. The van der Waals surface area contributed by atoms with Crippen molar-refractivity contribution in [1.29, 1.82) is 0 Å². The van der Waals surface area contributed by atoms with Gasteiger partial charge >= 0.3 is 0 Å². The van der Waals surface area contributed by atoms with Crippen LogP contribution in [0.3, 0.4) is 0 Å². The molecule has 0 saturated heterocycles. The van der Waals surface area contributed by atoms with Gasteiger partial charge in [0.1, 0.15) is 10.1 Å². The summed E-state index contributed by atoms with van der Waals surface area (Å²) in [6.45, 7) is 0. The Balaban J connectivity index is 3.03. The zero-order valence-electron chi connectivity index (χ0n) is 6.38. The summed E-state index contributed by atoms with van der Waals surface area (Å²) in [7, 11) is 0. The van der Waals surface area contributed by atoms with E-state index in [9.17, 15) is 4.79 Å². The summed E-state index contributed by atoms with van der Waals surface area (Å²) >= 11 is 6.30. The number of hydrogen-bond acceptors (Lipinski definition) is 2. The molecule has 0 aliphatic heterocycles. The predicted molar refractivity (Wildman–Crippen MR) is 57.9 cm³/mol. The zero-order valence-corrected chi connectivity index (χ0v) is 9.55. The highest BCUT2D eigenvalue weighted by atomic mass is 79.9. The molecular formula is C9H4Br2O2. The second-order valence-electron chi connectivity index (χ2n) is 2.52. The number of hydrogen-bond donors (Lipinski definition) is 0. The molecule has 0 N–H and O–H groups in total. The van der Waals surface area contributed by atoms with Crippen LogP contribution in [0, 0.1) is 0 Å². The van der Waals surface area contributed by atoms with E-state index in [2.05, 4.69) is 31.9 Å². The zero-order chi connectivity index (χ0) is 9.42. The van der Waals surface area contributed by atoms with E-state index in [0.717, 1.165) is 0 Å². The van der Waals surface area contributed by atoms with Gasteiger partial charge in [0, 0.05) is 0 Å². The SMILES string of the molecule is O=c1c(Br)c(Br)oc2ccccc12. The van der Waals surface area contributed by atoms with E-state index in [0.29, 0.717) is 20.1 Å². The van der Waals surface area contributed by atoms with Gasteiger partial charge in [-0.05, 0) is 44.0 Å². The van der Waals surface area contributed by atoms with Gasteiger partial charge in [0.2, 0.25) is 5.43 Å². The van der Waals surface area contributed by atoms with E-state index in [1.54, 1.807) is 18.2 Å². The summed E-state index contributed by atoms with van der Waals surface area (Å²) in [4.78, 5) is 11.6. The van der Waals surface area contributed by atoms with E-state index in [4.69, 9.17) is 4.42 Å². The molecule has 1 aromatic carbocycles. The lowest BCUT2D eigenvalue weighted by atomic mass is 10.2. The lowest BCUT2D eigenvalue weighted by Crippen LogP contribution is -2.02. The maximum atomic E-state index is 11.6. The molecule has 1 aromatic heterocycles. The van der Waals surface area contributed by atoms with Crippen molar-refractivity contribution >= 4 is 42.8 Å². The fourth-order valence-electron chi connectivity index (χ4n) is 1.09. The first-order valence-electron chi connectivity index (χ1n) is 3.57. The Morgan fingerprint density at radius 1 is 1.15 bits per heavy atom. The second-order valence-corrected chi connectivity index (χ2v) is 4.03. The van der Waals surface area contributed by atoms with Gasteiger partial charge in [0.05, 0.1) is 5.39 Å². The van der Waals surface area contributed by atoms with Gasteiger partial charge < -0.3 is 4.42 Å². The predicted octanol–water partition coefficient (Wildman–Crippen LogP) is 3.32. The molecule has 2 rings (SSSR count). The molecule has 2 aromatic rings. The van der Waals surface area contributed by atoms with E-state index < -0.39 is 0 Å². The number of halogens is 2. The van der Waals surface area contributed by atoms with Crippen LogP contribution in [-0.2, 0) is 0 Å². The molecular weight excluding hydrogens is 300 g/mol. The average Bonchev–Trinajstić information content (AvgIpc) is 2.15. The molecule has 0 bridgehead atoms. The van der Waals surface area contributed by atoms with Crippen molar-refractivity contribution in [3.05, 3.63) is 43.6 Å². The third-order valence-corrected chi connectivity index (χ3v) is 3.51. The first kappa shape index (κ1) is 8.97. The molecule has 0 aliphatic carbocycles. The fourth-order valence-corrected chi connectivity index (χ4v) is 1.74. The Labute approximate surface area is 90.8 Å².